The number of amides is 1. The van der Waals surface area contributed by atoms with Gasteiger partial charge in [-0.05, 0) is 39.2 Å². The predicted molar refractivity (Wildman–Crippen MR) is 193 cm³/mol. The first-order valence-electron chi connectivity index (χ1n) is 16.8. The summed E-state index contributed by atoms with van der Waals surface area (Å²) in [4.78, 5) is 92.7. The molecule has 7 unspecified atom stereocenters. The number of rotatable bonds is 27. The number of hydrogen-bond acceptors (Lipinski definition) is 20. The maximum absolute atomic E-state index is 12.4. The zero-order chi connectivity index (χ0) is 43.6. The number of imidazole rings is 1. The molecule has 3 heterocycles. The van der Waals surface area contributed by atoms with Gasteiger partial charge in [-0.25, -0.2) is 37.4 Å². The number of nitrogens with two attached hydrogens (primary N) is 1. The Morgan fingerprint density at radius 3 is 1.97 bits per heavy atom. The van der Waals surface area contributed by atoms with E-state index >= 15 is 0 Å². The van der Waals surface area contributed by atoms with E-state index in [0.717, 1.165) is 12.8 Å². The van der Waals surface area contributed by atoms with Gasteiger partial charge in [-0.2, -0.15) is 21.6 Å². The minimum Gasteiger partial charge on any atom is -0.390 e. The number of nitrogens with zero attached hydrogens (tertiary/aromatic N) is 3. The van der Waals surface area contributed by atoms with Crippen molar-refractivity contribution in [2.75, 3.05) is 26.3 Å². The first kappa shape index (κ1) is 50.9. The molecule has 0 aromatic carbocycles. The Bertz CT molecular complexity index is 2070. The summed E-state index contributed by atoms with van der Waals surface area (Å²) in [6.07, 6.45) is 1.37. The molecular formula is C23H44N6O23P6. The van der Waals surface area contributed by atoms with Crippen LogP contribution in [0.25, 0.3) is 11.2 Å². The van der Waals surface area contributed by atoms with E-state index in [-0.39, 0.29) is 35.7 Å². The molecule has 1 amide bonds. The number of nitrogens with one attached hydrogen (secondary N) is 2. The van der Waals surface area contributed by atoms with E-state index in [1.165, 1.54) is 17.8 Å². The number of aromatic nitrogens is 4. The largest absolute Gasteiger partial charge is 0.490 e. The van der Waals surface area contributed by atoms with Gasteiger partial charge in [0.25, 0.3) is 5.56 Å². The van der Waals surface area contributed by atoms with E-state index < -0.39 is 84.1 Å². The summed E-state index contributed by atoms with van der Waals surface area (Å²) in [6.45, 7) is 0.821. The van der Waals surface area contributed by atoms with Crippen LogP contribution in [0.2, 0.25) is 0 Å². The van der Waals surface area contributed by atoms with Crippen molar-refractivity contribution in [1.82, 2.24) is 24.8 Å². The molecule has 35 heteroatoms. The third-order valence-electron chi connectivity index (χ3n) is 7.25. The third kappa shape index (κ3) is 17.9. The zero-order valence-electron chi connectivity index (χ0n) is 30.3. The molecule has 0 radical (unpaired) electrons. The van der Waals surface area contributed by atoms with E-state index in [1.54, 1.807) is 0 Å². The number of phosphoric acid groups is 6. The lowest BCUT2D eigenvalue weighted by molar-refractivity contribution is -0.121. The van der Waals surface area contributed by atoms with Crippen molar-refractivity contribution in [2.24, 2.45) is 5.73 Å². The summed E-state index contributed by atoms with van der Waals surface area (Å²) in [7, 11) is -36.7. The number of fused-ring (bicyclic) bond motifs is 1. The zero-order valence-corrected chi connectivity index (χ0v) is 35.6. The number of aliphatic hydroxyl groups is 1. The lowest BCUT2D eigenvalue weighted by Gasteiger charge is -2.21. The van der Waals surface area contributed by atoms with Crippen molar-refractivity contribution in [3.63, 3.8) is 0 Å². The molecule has 1 saturated heterocycles. The van der Waals surface area contributed by atoms with Crippen LogP contribution in [0.4, 0.5) is 0 Å². The van der Waals surface area contributed by atoms with Gasteiger partial charge in [-0.1, -0.05) is 19.3 Å². The summed E-state index contributed by atoms with van der Waals surface area (Å²) in [5.74, 6) is 0.101. The fraction of sp³-hybridized carbons (Fsp3) is 0.739. The van der Waals surface area contributed by atoms with Crippen molar-refractivity contribution in [1.29, 1.82) is 0 Å². The van der Waals surface area contributed by atoms with Crippen LogP contribution < -0.4 is 16.6 Å². The maximum Gasteiger partial charge on any atom is 0.490 e. The monoisotopic (exact) mass is 958 g/mol. The maximum atomic E-state index is 12.4. The quantitative estimate of drug-likeness (QED) is 0.0452. The molecule has 1 aliphatic heterocycles. The van der Waals surface area contributed by atoms with Crippen LogP contribution in [-0.4, -0.2) is 98.4 Å². The molecule has 0 aliphatic carbocycles. The number of carbonyl (C=O) groups excluding carboxylic acids is 1. The number of H-pyrrole nitrogens is 1. The number of unbranched alkanes of at least 4 members (excludes halogenated alkanes) is 5. The molecule has 11 N–H and O–H groups in total. The van der Waals surface area contributed by atoms with Crippen LogP contribution in [0, 0.1) is 6.92 Å². The summed E-state index contributed by atoms with van der Waals surface area (Å²) in [6, 6.07) is 0. The Kier molecular flexibility index (Phi) is 18.9. The highest BCUT2D eigenvalue weighted by molar-refractivity contribution is 7.72. The van der Waals surface area contributed by atoms with E-state index in [9.17, 15) is 71.4 Å². The topological polar surface area (TPSA) is 437 Å². The van der Waals surface area contributed by atoms with Gasteiger partial charge in [0, 0.05) is 19.4 Å². The van der Waals surface area contributed by atoms with E-state index in [1.807, 2.05) is 0 Å². The molecule has 2 aromatic heterocycles. The lowest BCUT2D eigenvalue weighted by atomic mass is 10.2. The highest BCUT2D eigenvalue weighted by atomic mass is 31.3. The summed E-state index contributed by atoms with van der Waals surface area (Å²) in [5.41, 5.74) is 4.83. The van der Waals surface area contributed by atoms with Gasteiger partial charge in [0.2, 0.25) is 5.91 Å². The Balaban J connectivity index is 1.42. The van der Waals surface area contributed by atoms with Crippen LogP contribution in [-0.2, 0) is 67.5 Å². The van der Waals surface area contributed by atoms with Crippen LogP contribution in [0.15, 0.2) is 11.1 Å². The van der Waals surface area contributed by atoms with Crippen molar-refractivity contribution in [3.8, 4) is 0 Å². The van der Waals surface area contributed by atoms with Gasteiger partial charge in [-0.15, -0.1) is 0 Å². The van der Waals surface area contributed by atoms with Gasteiger partial charge in [0.15, 0.2) is 11.2 Å². The second kappa shape index (κ2) is 21.6. The normalized spacial score (nSPS) is 23.6. The first-order valence-corrected chi connectivity index (χ1v) is 25.8. The van der Waals surface area contributed by atoms with Crippen LogP contribution >= 0.6 is 46.9 Å². The highest BCUT2D eigenvalue weighted by Gasteiger charge is 2.50. The van der Waals surface area contributed by atoms with Gasteiger partial charge in [0.05, 0.1) is 25.6 Å². The Hall–Kier alpha value is -1.44. The predicted octanol–water partition coefficient (Wildman–Crippen LogP) is 1.99. The number of phosphoric ester groups is 2. The van der Waals surface area contributed by atoms with Gasteiger partial charge in [0.1, 0.15) is 18.2 Å². The van der Waals surface area contributed by atoms with Gasteiger partial charge in [-0.3, -0.25) is 23.2 Å². The van der Waals surface area contributed by atoms with E-state index in [2.05, 4.69) is 50.9 Å². The van der Waals surface area contributed by atoms with Crippen LogP contribution in [0.5, 0.6) is 0 Å². The first-order chi connectivity index (χ1) is 26.7. The van der Waals surface area contributed by atoms with Crippen LogP contribution in [0.1, 0.15) is 69.8 Å². The van der Waals surface area contributed by atoms with E-state index in [4.69, 9.17) is 10.5 Å². The fourth-order valence-corrected chi connectivity index (χ4v) is 12.7. The molecule has 0 spiro atoms. The summed E-state index contributed by atoms with van der Waals surface area (Å²) >= 11 is 0. The lowest BCUT2D eigenvalue weighted by Crippen LogP contribution is -2.26. The molecule has 2 aromatic rings. The summed E-state index contributed by atoms with van der Waals surface area (Å²) in [5, 5.41) is 13.1. The Morgan fingerprint density at radius 1 is 0.845 bits per heavy atom. The van der Waals surface area contributed by atoms with Crippen LogP contribution in [0.3, 0.4) is 0 Å². The van der Waals surface area contributed by atoms with Crippen molar-refractivity contribution in [3.05, 3.63) is 22.5 Å². The number of carbonyl (C=O) groups is 1. The summed E-state index contributed by atoms with van der Waals surface area (Å²) < 4.78 is 107. The minimum atomic E-state index is -6.46. The average molecular weight is 958 g/mol. The molecule has 9 atom stereocenters. The van der Waals surface area contributed by atoms with Crippen molar-refractivity contribution < 1.29 is 102 Å². The SMILES string of the molecule is Cc1nc2c(ncn2[C@H]2CC(O)[C@@H](COP(=O)(O)OP(=O)(O)OP(=O)(O)OP(=O)(O)OP(=O)(O)OP(=O)(O)OCCCCCCNC(=O)CCCCCN)O2)c(=O)[nH]1. The van der Waals surface area contributed by atoms with Gasteiger partial charge >= 0.3 is 46.9 Å². The number of aliphatic hydroxyl groups excluding tert-OH is 1. The van der Waals surface area contributed by atoms with E-state index in [0.29, 0.717) is 45.2 Å². The minimum absolute atomic E-state index is 0.0659. The number of aryl methyl sites for hydroxylation is 1. The molecule has 334 valence electrons. The molecule has 1 aliphatic rings. The number of ether oxygens (including phenoxy) is 1. The molecule has 0 bridgehead atoms. The standard InChI is InChI=1S/C23H44N6O23P6/c1-16-27-22-21(23(32)28-16)26-15-29(22)20-13-17(30)18(47-20)14-46-54(35,36)49-56(39,40)51-58(43,44)52-57(41,42)50-55(37,38)48-53(33,34)45-12-8-3-2-7-11-25-19(31)9-5-4-6-10-24/h15,17-18,20,30H,2-14,24H2,1H3,(H,25,31)(H,33,34)(H,35,36)(H,37,38)(H,39,40)(H,41,42)(H,43,44)(H,27,28,32)/t17?,18-,20-/m1/s1. The number of hydrogen-bond donors (Lipinski definition) is 10. The molecular weight excluding hydrogens is 914 g/mol. The molecule has 58 heavy (non-hydrogen) atoms. The molecule has 29 nitrogen and oxygen atoms in total. The van der Waals surface area contributed by atoms with Crippen molar-refractivity contribution >= 4 is 64.0 Å². The second-order valence-corrected chi connectivity index (χ2v) is 21.5. The third-order valence-corrected chi connectivity index (χ3v) is 16.5. The average Bonchev–Trinajstić information content (AvgIpc) is 3.63. The molecule has 3 rings (SSSR count). The highest BCUT2D eigenvalue weighted by Crippen LogP contribution is 2.75. The Labute approximate surface area is 328 Å². The fourth-order valence-electron chi connectivity index (χ4n) is 4.89. The second-order valence-electron chi connectivity index (χ2n) is 12.1. The molecule has 1 fully saturated rings. The van der Waals surface area contributed by atoms with Crippen molar-refractivity contribution in [2.45, 2.75) is 83.1 Å². The number of aromatic amines is 1. The smallest absolute Gasteiger partial charge is 0.390 e. The van der Waals surface area contributed by atoms with Gasteiger partial charge < -0.3 is 55.2 Å². The molecule has 0 saturated carbocycles. The Morgan fingerprint density at radius 2 is 1.38 bits per heavy atom.